The number of amides is 1. The van der Waals surface area contributed by atoms with E-state index in [0.29, 0.717) is 57.9 Å². The van der Waals surface area contributed by atoms with E-state index in [0.717, 1.165) is 17.4 Å². The summed E-state index contributed by atoms with van der Waals surface area (Å²) in [4.78, 5) is 42.4. The minimum absolute atomic E-state index is 0.0264. The van der Waals surface area contributed by atoms with E-state index >= 15 is 4.39 Å². The van der Waals surface area contributed by atoms with Crippen LogP contribution in [0.5, 0.6) is 5.75 Å². The first-order valence-electron chi connectivity index (χ1n) is 20.2. The molecule has 2 fully saturated rings. The maximum Gasteiger partial charge on any atom is 0.332 e. The number of ether oxygens (including phenoxy) is 2. The molecule has 1 saturated carbocycles. The van der Waals surface area contributed by atoms with Crippen LogP contribution in [-0.2, 0) is 20.5 Å². The van der Waals surface area contributed by atoms with Crippen molar-refractivity contribution in [1.82, 2.24) is 24.2 Å². The minimum Gasteiger partial charge on any atom is -0.496 e. The maximum atomic E-state index is 15.2. The molecule has 3 aromatic carbocycles. The molecule has 0 bridgehead atoms. The van der Waals surface area contributed by atoms with Crippen LogP contribution >= 0.6 is 11.3 Å². The number of methoxy groups -OCH3 is 1. The van der Waals surface area contributed by atoms with Crippen molar-refractivity contribution in [3.63, 3.8) is 0 Å². The molecule has 2 aliphatic rings. The number of rotatable bonds is 12. The molecule has 2 atom stereocenters. The Morgan fingerprint density at radius 1 is 0.915 bits per heavy atom. The summed E-state index contributed by atoms with van der Waals surface area (Å²) in [6.45, 7) is 8.93. The van der Waals surface area contributed by atoms with Crippen LogP contribution in [0.25, 0.3) is 15.2 Å². The van der Waals surface area contributed by atoms with Crippen molar-refractivity contribution in [2.45, 2.75) is 95.7 Å². The Bertz CT molecular complexity index is 2520. The molecule has 308 valence electrons. The fourth-order valence-corrected chi connectivity index (χ4v) is 15.0. The number of hydrogen-bond acceptors (Lipinski definition) is 8. The Morgan fingerprint density at radius 3 is 2.15 bits per heavy atom. The second kappa shape index (κ2) is 16.5. The van der Waals surface area contributed by atoms with Crippen LogP contribution in [0.3, 0.4) is 0 Å². The molecule has 3 aromatic heterocycles. The van der Waals surface area contributed by atoms with Crippen molar-refractivity contribution in [3.05, 3.63) is 135 Å². The topological polar surface area (TPSA) is 119 Å². The number of fused-ring (bicyclic) bond motifs is 1. The minimum atomic E-state index is -2.79. The second-order valence-electron chi connectivity index (χ2n) is 16.5. The summed E-state index contributed by atoms with van der Waals surface area (Å²) in [6, 6.07) is 26.3. The maximum absolute atomic E-state index is 15.2. The predicted molar refractivity (Wildman–Crippen MR) is 230 cm³/mol. The molecule has 6 aromatic rings. The van der Waals surface area contributed by atoms with Gasteiger partial charge >= 0.3 is 5.69 Å². The van der Waals surface area contributed by atoms with Crippen molar-refractivity contribution in [2.75, 3.05) is 13.7 Å². The van der Waals surface area contributed by atoms with Gasteiger partial charge in [-0.3, -0.25) is 14.2 Å². The van der Waals surface area contributed by atoms with Crippen molar-refractivity contribution in [3.8, 4) is 10.8 Å². The van der Waals surface area contributed by atoms with E-state index in [1.807, 2.05) is 19.1 Å². The molecule has 1 N–H and O–H groups in total. The summed E-state index contributed by atoms with van der Waals surface area (Å²) in [6.07, 6.45) is 5.40. The summed E-state index contributed by atoms with van der Waals surface area (Å²) in [5, 5.41) is 10.4. The highest BCUT2D eigenvalue weighted by Crippen LogP contribution is 2.41. The van der Waals surface area contributed by atoms with Gasteiger partial charge in [0.05, 0.1) is 25.1 Å². The van der Waals surface area contributed by atoms with Gasteiger partial charge in [-0.05, 0) is 78.7 Å². The third kappa shape index (κ3) is 7.51. The van der Waals surface area contributed by atoms with Crippen LogP contribution in [0.2, 0.25) is 5.04 Å². The van der Waals surface area contributed by atoms with E-state index in [1.54, 1.807) is 29.2 Å². The number of halogens is 1. The van der Waals surface area contributed by atoms with E-state index < -0.39 is 37.5 Å². The zero-order chi connectivity index (χ0) is 41.5. The summed E-state index contributed by atoms with van der Waals surface area (Å²) in [5.74, 6) is -0.450. The molecule has 0 radical (unpaired) electrons. The molecule has 1 aliphatic heterocycles. The van der Waals surface area contributed by atoms with Crippen LogP contribution in [0, 0.1) is 12.7 Å². The molecule has 1 amide bonds. The first-order valence-corrected chi connectivity index (χ1v) is 23.0. The fourth-order valence-electron chi connectivity index (χ4n) is 9.02. The molecule has 14 heteroatoms. The molecule has 1 aliphatic carbocycles. The smallest absolute Gasteiger partial charge is 0.332 e. The van der Waals surface area contributed by atoms with Crippen LogP contribution in [0.1, 0.15) is 76.1 Å². The van der Waals surface area contributed by atoms with E-state index in [9.17, 15) is 14.4 Å². The fraction of sp³-hybridized carbons (Fsp3) is 0.378. The molecule has 11 nitrogen and oxygen atoms in total. The number of nitrogens with zero attached hydrogens (tertiary/aromatic N) is 4. The number of carbonyl (C=O) groups is 1. The van der Waals surface area contributed by atoms with Gasteiger partial charge in [0.15, 0.2) is 0 Å². The molecule has 8 rings (SSSR count). The van der Waals surface area contributed by atoms with Gasteiger partial charge in [0.25, 0.3) is 13.9 Å². The Morgan fingerprint density at radius 2 is 1.58 bits per heavy atom. The van der Waals surface area contributed by atoms with E-state index in [4.69, 9.17) is 13.9 Å². The summed E-state index contributed by atoms with van der Waals surface area (Å²) < 4.78 is 39.7. The number of aryl methyl sites for hydroxylation is 1. The number of carbonyl (C=O) groups excluding carboxylic acids is 1. The number of hydrogen-bond donors (Lipinski definition) is 1. The van der Waals surface area contributed by atoms with E-state index in [-0.39, 0.29) is 29.7 Å². The number of aromatic nitrogens is 4. The van der Waals surface area contributed by atoms with Gasteiger partial charge in [-0.25, -0.2) is 18.4 Å². The van der Waals surface area contributed by atoms with Crippen molar-refractivity contribution in [2.24, 2.45) is 0 Å². The highest BCUT2D eigenvalue weighted by molar-refractivity contribution is 7.21. The summed E-state index contributed by atoms with van der Waals surface area (Å²) in [5.41, 5.74) is -0.0885. The van der Waals surface area contributed by atoms with Crippen LogP contribution in [-0.4, -0.2) is 59.0 Å². The normalized spacial score (nSPS) is 19.2. The van der Waals surface area contributed by atoms with Gasteiger partial charge in [-0.2, -0.15) is 5.10 Å². The van der Waals surface area contributed by atoms with Crippen LogP contribution in [0.4, 0.5) is 4.39 Å². The second-order valence-corrected chi connectivity index (χ2v) is 21.7. The molecular weight excluding hydrogens is 786 g/mol. The Labute approximate surface area is 347 Å². The largest absolute Gasteiger partial charge is 0.496 e. The average molecular weight is 836 g/mol. The monoisotopic (exact) mass is 835 g/mol. The van der Waals surface area contributed by atoms with Crippen LogP contribution in [0.15, 0.2) is 107 Å². The van der Waals surface area contributed by atoms with Gasteiger partial charge in [0.1, 0.15) is 33.5 Å². The lowest BCUT2D eigenvalue weighted by atomic mass is 9.94. The Hall–Kier alpha value is -5.15. The van der Waals surface area contributed by atoms with Gasteiger partial charge in [-0.1, -0.05) is 92.8 Å². The SMILES string of the molecule is COc1ccc(F)cc1[C@H](Cn1c(=O)n([C@@H]2CCNC2=O)c(=O)c2c(C)c(-n3cccn3)sc21)O[C@H]1CC[C@@H](O[Si](c2ccccc2)(c2ccccc2)C(C)(C)C)CC1. The zero-order valence-electron chi connectivity index (χ0n) is 34.0. The van der Waals surface area contributed by atoms with Crippen LogP contribution < -0.4 is 31.7 Å². The summed E-state index contributed by atoms with van der Waals surface area (Å²) in [7, 11) is -1.28. The molecule has 59 heavy (non-hydrogen) atoms. The summed E-state index contributed by atoms with van der Waals surface area (Å²) >= 11 is 1.26. The third-order valence-electron chi connectivity index (χ3n) is 11.9. The number of benzene rings is 3. The molecular formula is C45H50FN5O6SSi. The highest BCUT2D eigenvalue weighted by Gasteiger charge is 2.51. The zero-order valence-corrected chi connectivity index (χ0v) is 35.8. The van der Waals surface area contributed by atoms with E-state index in [1.165, 1.54) is 45.5 Å². The van der Waals surface area contributed by atoms with Gasteiger partial charge in [0, 0.05) is 36.2 Å². The quantitative estimate of drug-likeness (QED) is 0.139. The van der Waals surface area contributed by atoms with E-state index in [2.05, 4.69) is 79.7 Å². The Balaban J connectivity index is 1.16. The van der Waals surface area contributed by atoms with Gasteiger partial charge in [-0.15, -0.1) is 0 Å². The molecule has 0 spiro atoms. The first-order chi connectivity index (χ1) is 28.4. The lowest BCUT2D eigenvalue weighted by Gasteiger charge is -2.46. The lowest BCUT2D eigenvalue weighted by molar-refractivity contribution is -0.122. The van der Waals surface area contributed by atoms with Crippen molar-refractivity contribution >= 4 is 46.2 Å². The third-order valence-corrected chi connectivity index (χ3v) is 18.3. The standard InChI is InChI=1S/C45H50FN5O6SSi/c1-29-39-41(53)51(36-23-25-47-40(36)52)44(54)49(43(39)58-42(29)50-26-12-24-48-50)28-38(35-27-30(46)17-22-37(35)55-5)56-31-18-20-32(21-19-31)57-59(45(2,3)4,33-13-8-6-9-14-33)34-15-10-7-11-16-34/h6-17,22,24,26-27,31-32,36,38H,18-21,23,25,28H2,1-5H3,(H,47,52)/t31-,32+,36-,38+/m1/s1. The Kier molecular flexibility index (Phi) is 11.3. The van der Waals surface area contributed by atoms with Gasteiger partial charge in [0.2, 0.25) is 5.91 Å². The van der Waals surface area contributed by atoms with Gasteiger partial charge < -0.3 is 19.2 Å². The molecule has 0 unspecified atom stereocenters. The first kappa shape index (κ1) is 40.6. The predicted octanol–water partition coefficient (Wildman–Crippen LogP) is 6.57. The highest BCUT2D eigenvalue weighted by atomic mass is 32.1. The lowest BCUT2D eigenvalue weighted by Crippen LogP contribution is -2.67. The number of nitrogens with one attached hydrogen (secondary N) is 1. The molecule has 1 saturated heterocycles. The number of thiophene rings is 1. The van der Waals surface area contributed by atoms with Crippen molar-refractivity contribution < 1.29 is 23.1 Å². The average Bonchev–Trinajstić information content (AvgIpc) is 4.00. The van der Waals surface area contributed by atoms with Crippen molar-refractivity contribution in [1.29, 1.82) is 0 Å². The molecule has 4 heterocycles.